The number of hydrogen-bond donors (Lipinski definition) is 2. The summed E-state index contributed by atoms with van der Waals surface area (Å²) >= 11 is 0. The highest BCUT2D eigenvalue weighted by atomic mass is 16.5. The summed E-state index contributed by atoms with van der Waals surface area (Å²) < 4.78 is 5.35. The number of amides is 2. The molecule has 2 heterocycles. The lowest BCUT2D eigenvalue weighted by molar-refractivity contribution is 0.122. The number of nitrogens with zero attached hydrogens (tertiary/aromatic N) is 2. The second-order valence-electron chi connectivity index (χ2n) is 6.39. The van der Waals surface area contributed by atoms with Gasteiger partial charge in [-0.25, -0.2) is 9.78 Å². The van der Waals surface area contributed by atoms with Crippen molar-refractivity contribution in [2.75, 3.05) is 36.5 Å². The third-order valence-electron chi connectivity index (χ3n) is 4.78. The van der Waals surface area contributed by atoms with Crippen LogP contribution in [0.2, 0.25) is 0 Å². The van der Waals surface area contributed by atoms with Crippen LogP contribution in [-0.4, -0.2) is 37.3 Å². The van der Waals surface area contributed by atoms with Gasteiger partial charge in [0.05, 0.1) is 31.1 Å². The summed E-state index contributed by atoms with van der Waals surface area (Å²) in [5.41, 5.74) is 3.24. The Morgan fingerprint density at radius 3 is 2.80 bits per heavy atom. The lowest BCUT2D eigenvalue weighted by Crippen LogP contribution is -2.36. The third-order valence-corrected chi connectivity index (χ3v) is 4.78. The lowest BCUT2D eigenvalue weighted by atomic mass is 10.1. The number of fused-ring (bicyclic) bond motifs is 1. The number of hydrogen-bond acceptors (Lipinski definition) is 4. The van der Waals surface area contributed by atoms with Gasteiger partial charge >= 0.3 is 6.03 Å². The zero-order valence-corrected chi connectivity index (χ0v) is 14.1. The van der Waals surface area contributed by atoms with Gasteiger partial charge in [-0.3, -0.25) is 0 Å². The summed E-state index contributed by atoms with van der Waals surface area (Å²) in [6.07, 6.45) is 3.66. The SMILES string of the molecule is O=C(Nc1ccc(N2CCOCC2)nc1)NC1CCc2ccccc21. The number of urea groups is 1. The molecule has 1 aromatic carbocycles. The van der Waals surface area contributed by atoms with Gasteiger partial charge in [0.2, 0.25) is 0 Å². The highest BCUT2D eigenvalue weighted by molar-refractivity contribution is 5.89. The lowest BCUT2D eigenvalue weighted by Gasteiger charge is -2.27. The van der Waals surface area contributed by atoms with Crippen LogP contribution in [0.15, 0.2) is 42.6 Å². The molecule has 6 heteroatoms. The van der Waals surface area contributed by atoms with Crippen LogP contribution in [0.3, 0.4) is 0 Å². The summed E-state index contributed by atoms with van der Waals surface area (Å²) in [5, 5.41) is 5.93. The molecule has 1 atom stereocenters. The van der Waals surface area contributed by atoms with Gasteiger partial charge in [-0.05, 0) is 36.1 Å². The first kappa shape index (κ1) is 15.9. The van der Waals surface area contributed by atoms with Gasteiger partial charge in [-0.1, -0.05) is 24.3 Å². The monoisotopic (exact) mass is 338 g/mol. The van der Waals surface area contributed by atoms with E-state index >= 15 is 0 Å². The Morgan fingerprint density at radius 1 is 1.16 bits per heavy atom. The number of aromatic nitrogens is 1. The van der Waals surface area contributed by atoms with Gasteiger partial charge in [0.15, 0.2) is 0 Å². The van der Waals surface area contributed by atoms with Gasteiger partial charge in [0.25, 0.3) is 0 Å². The van der Waals surface area contributed by atoms with Crippen molar-refractivity contribution in [1.29, 1.82) is 0 Å². The Kier molecular flexibility index (Phi) is 4.52. The van der Waals surface area contributed by atoms with E-state index in [4.69, 9.17) is 4.74 Å². The summed E-state index contributed by atoms with van der Waals surface area (Å²) in [4.78, 5) is 18.9. The van der Waals surface area contributed by atoms with Crippen LogP contribution in [0.25, 0.3) is 0 Å². The average molecular weight is 338 g/mol. The number of carbonyl (C=O) groups excluding carboxylic acids is 1. The number of ether oxygens (including phenoxy) is 1. The molecule has 4 rings (SSSR count). The molecule has 1 aromatic heterocycles. The number of anilines is 2. The summed E-state index contributed by atoms with van der Waals surface area (Å²) in [5.74, 6) is 0.916. The maximum absolute atomic E-state index is 12.3. The maximum Gasteiger partial charge on any atom is 0.319 e. The molecule has 0 radical (unpaired) electrons. The number of pyridine rings is 1. The molecule has 0 spiro atoms. The number of aryl methyl sites for hydroxylation is 1. The molecule has 1 unspecified atom stereocenters. The first-order chi connectivity index (χ1) is 12.3. The van der Waals surface area contributed by atoms with Crippen molar-refractivity contribution in [2.24, 2.45) is 0 Å². The topological polar surface area (TPSA) is 66.5 Å². The Labute approximate surface area is 147 Å². The highest BCUT2D eigenvalue weighted by Gasteiger charge is 2.23. The Balaban J connectivity index is 1.35. The molecule has 2 amide bonds. The molecule has 130 valence electrons. The van der Waals surface area contributed by atoms with Gasteiger partial charge in [0, 0.05) is 13.1 Å². The van der Waals surface area contributed by atoms with Gasteiger partial charge in [0.1, 0.15) is 5.82 Å². The van der Waals surface area contributed by atoms with E-state index in [1.165, 1.54) is 11.1 Å². The van der Waals surface area contributed by atoms with Crippen LogP contribution in [0.5, 0.6) is 0 Å². The molecule has 2 aliphatic rings. The number of nitrogens with one attached hydrogen (secondary N) is 2. The first-order valence-electron chi connectivity index (χ1n) is 8.74. The number of benzene rings is 1. The molecule has 1 fully saturated rings. The highest BCUT2D eigenvalue weighted by Crippen LogP contribution is 2.30. The molecule has 1 aliphatic heterocycles. The summed E-state index contributed by atoms with van der Waals surface area (Å²) in [7, 11) is 0. The van der Waals surface area contributed by atoms with E-state index in [1.807, 2.05) is 24.3 Å². The van der Waals surface area contributed by atoms with E-state index < -0.39 is 0 Å². The third kappa shape index (κ3) is 3.58. The van der Waals surface area contributed by atoms with E-state index in [0.717, 1.165) is 45.0 Å². The molecule has 6 nitrogen and oxygen atoms in total. The molecule has 1 aliphatic carbocycles. The minimum atomic E-state index is -0.192. The smallest absolute Gasteiger partial charge is 0.319 e. The number of morpholine rings is 1. The van der Waals surface area contributed by atoms with Crippen LogP contribution < -0.4 is 15.5 Å². The van der Waals surface area contributed by atoms with Crippen LogP contribution in [0.1, 0.15) is 23.6 Å². The number of carbonyl (C=O) groups is 1. The predicted molar refractivity (Wildman–Crippen MR) is 96.9 cm³/mol. The fourth-order valence-corrected chi connectivity index (χ4v) is 3.47. The minimum Gasteiger partial charge on any atom is -0.378 e. The van der Waals surface area contributed by atoms with E-state index in [1.54, 1.807) is 6.20 Å². The largest absolute Gasteiger partial charge is 0.378 e. The van der Waals surface area contributed by atoms with E-state index in [0.29, 0.717) is 5.69 Å². The van der Waals surface area contributed by atoms with Crippen LogP contribution in [0.4, 0.5) is 16.3 Å². The van der Waals surface area contributed by atoms with Gasteiger partial charge < -0.3 is 20.3 Å². The van der Waals surface area contributed by atoms with Crippen molar-refractivity contribution >= 4 is 17.5 Å². The van der Waals surface area contributed by atoms with E-state index in [2.05, 4.69) is 32.7 Å². The van der Waals surface area contributed by atoms with Gasteiger partial charge in [-0.2, -0.15) is 0 Å². The second kappa shape index (κ2) is 7.11. The quantitative estimate of drug-likeness (QED) is 0.903. The molecular weight excluding hydrogens is 316 g/mol. The molecule has 0 saturated carbocycles. The fourth-order valence-electron chi connectivity index (χ4n) is 3.47. The van der Waals surface area contributed by atoms with E-state index in [-0.39, 0.29) is 12.1 Å². The van der Waals surface area contributed by atoms with Crippen molar-refractivity contribution in [1.82, 2.24) is 10.3 Å². The maximum atomic E-state index is 12.3. The zero-order chi connectivity index (χ0) is 17.1. The normalized spacial score (nSPS) is 19.4. The Hall–Kier alpha value is -2.60. The minimum absolute atomic E-state index is 0.0804. The molecule has 25 heavy (non-hydrogen) atoms. The van der Waals surface area contributed by atoms with E-state index in [9.17, 15) is 4.79 Å². The zero-order valence-electron chi connectivity index (χ0n) is 14.1. The predicted octanol–water partition coefficient (Wildman–Crippen LogP) is 2.73. The average Bonchev–Trinajstić information content (AvgIpc) is 3.06. The van der Waals surface area contributed by atoms with Crippen LogP contribution in [-0.2, 0) is 11.2 Å². The van der Waals surface area contributed by atoms with Crippen molar-refractivity contribution in [3.05, 3.63) is 53.7 Å². The fraction of sp³-hybridized carbons (Fsp3) is 0.368. The molecule has 2 N–H and O–H groups in total. The van der Waals surface area contributed by atoms with Crippen molar-refractivity contribution in [2.45, 2.75) is 18.9 Å². The molecular formula is C19H22N4O2. The first-order valence-corrected chi connectivity index (χ1v) is 8.74. The number of rotatable bonds is 3. The van der Waals surface area contributed by atoms with Crippen LogP contribution >= 0.6 is 0 Å². The Morgan fingerprint density at radius 2 is 2.00 bits per heavy atom. The van der Waals surface area contributed by atoms with Crippen LogP contribution in [0, 0.1) is 0 Å². The molecule has 0 bridgehead atoms. The second-order valence-corrected chi connectivity index (χ2v) is 6.39. The van der Waals surface area contributed by atoms with Crippen molar-refractivity contribution in [3.8, 4) is 0 Å². The standard InChI is InChI=1S/C19H22N4O2/c24-19(22-17-7-5-14-3-1-2-4-16(14)17)21-15-6-8-18(20-13-15)23-9-11-25-12-10-23/h1-4,6,8,13,17H,5,7,9-12H2,(H2,21,22,24). The Bertz CT molecular complexity index is 741. The summed E-state index contributed by atoms with van der Waals surface area (Å²) in [6, 6.07) is 12.0. The molecule has 2 aromatic rings. The summed E-state index contributed by atoms with van der Waals surface area (Å²) in [6.45, 7) is 3.16. The van der Waals surface area contributed by atoms with Crippen molar-refractivity contribution < 1.29 is 9.53 Å². The van der Waals surface area contributed by atoms with Crippen molar-refractivity contribution in [3.63, 3.8) is 0 Å². The molecule has 1 saturated heterocycles. The van der Waals surface area contributed by atoms with Gasteiger partial charge in [-0.15, -0.1) is 0 Å².